The minimum Gasteiger partial charge on any atom is -0.493 e. The molecule has 0 spiro atoms. The lowest BCUT2D eigenvalue weighted by molar-refractivity contribution is -0.122. The minimum absolute atomic E-state index is 0.238. The van der Waals surface area contributed by atoms with Gasteiger partial charge in [0, 0.05) is 11.8 Å². The second-order valence-electron chi connectivity index (χ2n) is 5.13. The molecule has 2 aromatic carbocycles. The number of benzene rings is 2. The molecule has 2 rings (SSSR count). The highest BCUT2D eigenvalue weighted by molar-refractivity contribution is 5.94. The molecule has 0 aliphatic rings. The Balaban J connectivity index is 2.01. The Morgan fingerprint density at radius 1 is 1.00 bits per heavy atom. The first-order valence-electron chi connectivity index (χ1n) is 7.29. The summed E-state index contributed by atoms with van der Waals surface area (Å²) in [6, 6.07) is 12.8. The molecule has 1 amide bonds. The third kappa shape index (κ3) is 4.39. The highest BCUT2D eigenvalue weighted by atomic mass is 16.5. The Morgan fingerprint density at radius 3 is 2.26 bits per heavy atom. The first-order valence-corrected chi connectivity index (χ1v) is 7.29. The predicted octanol–water partition coefficient (Wildman–Crippen LogP) is 3.42. The van der Waals surface area contributed by atoms with Crippen LogP contribution in [0.25, 0.3) is 0 Å². The molecular formula is C18H21NO4. The number of rotatable bonds is 6. The average Bonchev–Trinajstić information content (AvgIpc) is 2.56. The lowest BCUT2D eigenvalue weighted by atomic mass is 10.2. The highest BCUT2D eigenvalue weighted by Crippen LogP contribution is 2.29. The van der Waals surface area contributed by atoms with E-state index in [1.807, 2.05) is 31.2 Å². The molecule has 0 aromatic heterocycles. The topological polar surface area (TPSA) is 56.8 Å². The number of carbonyl (C=O) groups is 1. The molecule has 0 bridgehead atoms. The summed E-state index contributed by atoms with van der Waals surface area (Å²) in [5.74, 6) is 1.58. The van der Waals surface area contributed by atoms with Gasteiger partial charge < -0.3 is 19.5 Å². The molecular weight excluding hydrogens is 294 g/mol. The fourth-order valence-corrected chi connectivity index (χ4v) is 2.03. The zero-order chi connectivity index (χ0) is 16.8. The summed E-state index contributed by atoms with van der Waals surface area (Å²) in [5.41, 5.74) is 1.76. The van der Waals surface area contributed by atoms with Gasteiger partial charge >= 0.3 is 0 Å². The molecule has 0 aliphatic carbocycles. The van der Waals surface area contributed by atoms with Crippen LogP contribution in [0, 0.1) is 6.92 Å². The number of hydrogen-bond acceptors (Lipinski definition) is 4. The van der Waals surface area contributed by atoms with Crippen LogP contribution in [0.4, 0.5) is 5.69 Å². The van der Waals surface area contributed by atoms with E-state index in [0.29, 0.717) is 22.9 Å². The average molecular weight is 315 g/mol. The normalized spacial score (nSPS) is 11.5. The van der Waals surface area contributed by atoms with E-state index in [4.69, 9.17) is 14.2 Å². The molecule has 0 saturated heterocycles. The van der Waals surface area contributed by atoms with Gasteiger partial charge in [0.1, 0.15) is 5.75 Å². The predicted molar refractivity (Wildman–Crippen MR) is 89.4 cm³/mol. The number of carbonyl (C=O) groups excluding carboxylic acids is 1. The summed E-state index contributed by atoms with van der Waals surface area (Å²) < 4.78 is 16.0. The maximum atomic E-state index is 12.2. The van der Waals surface area contributed by atoms with Gasteiger partial charge in [0.25, 0.3) is 5.91 Å². The molecule has 0 aliphatic heterocycles. The maximum Gasteiger partial charge on any atom is 0.265 e. The van der Waals surface area contributed by atoms with Gasteiger partial charge in [-0.15, -0.1) is 0 Å². The van der Waals surface area contributed by atoms with Crippen LogP contribution >= 0.6 is 0 Å². The van der Waals surface area contributed by atoms with Crippen LogP contribution in [0.5, 0.6) is 17.2 Å². The van der Waals surface area contributed by atoms with Gasteiger partial charge in [-0.1, -0.05) is 17.7 Å². The van der Waals surface area contributed by atoms with Crippen molar-refractivity contribution in [3.8, 4) is 17.2 Å². The number of anilines is 1. The lowest BCUT2D eigenvalue weighted by Crippen LogP contribution is -2.30. The zero-order valence-corrected chi connectivity index (χ0v) is 13.8. The molecule has 1 N–H and O–H groups in total. The van der Waals surface area contributed by atoms with Gasteiger partial charge in [-0.25, -0.2) is 0 Å². The Kier molecular flexibility index (Phi) is 5.46. The van der Waals surface area contributed by atoms with E-state index >= 15 is 0 Å². The molecule has 23 heavy (non-hydrogen) atoms. The van der Waals surface area contributed by atoms with Crippen molar-refractivity contribution in [3.05, 3.63) is 48.0 Å². The van der Waals surface area contributed by atoms with Crippen LogP contribution in [-0.2, 0) is 4.79 Å². The van der Waals surface area contributed by atoms with E-state index in [2.05, 4.69) is 5.32 Å². The second kappa shape index (κ2) is 7.54. The van der Waals surface area contributed by atoms with Crippen molar-refractivity contribution in [1.29, 1.82) is 0 Å². The lowest BCUT2D eigenvalue weighted by Gasteiger charge is -2.16. The van der Waals surface area contributed by atoms with Crippen molar-refractivity contribution < 1.29 is 19.0 Å². The largest absolute Gasteiger partial charge is 0.493 e. The van der Waals surface area contributed by atoms with Crippen molar-refractivity contribution in [3.63, 3.8) is 0 Å². The van der Waals surface area contributed by atoms with Crippen LogP contribution < -0.4 is 19.5 Å². The van der Waals surface area contributed by atoms with Gasteiger partial charge in [-0.3, -0.25) is 4.79 Å². The van der Waals surface area contributed by atoms with Crippen LogP contribution in [-0.4, -0.2) is 26.2 Å². The number of amides is 1. The summed E-state index contributed by atoms with van der Waals surface area (Å²) >= 11 is 0. The summed E-state index contributed by atoms with van der Waals surface area (Å²) in [6.45, 7) is 3.70. The molecule has 0 radical (unpaired) electrons. The number of hydrogen-bond donors (Lipinski definition) is 1. The van der Waals surface area contributed by atoms with Gasteiger partial charge in [0.05, 0.1) is 14.2 Å². The Labute approximate surface area is 136 Å². The Morgan fingerprint density at radius 2 is 1.65 bits per heavy atom. The van der Waals surface area contributed by atoms with Gasteiger partial charge in [0.15, 0.2) is 17.6 Å². The van der Waals surface area contributed by atoms with E-state index in [1.165, 1.54) is 0 Å². The summed E-state index contributed by atoms with van der Waals surface area (Å²) in [5, 5.41) is 2.80. The quantitative estimate of drug-likeness (QED) is 0.887. The summed E-state index contributed by atoms with van der Waals surface area (Å²) in [7, 11) is 3.11. The number of aryl methyl sites for hydroxylation is 1. The van der Waals surface area contributed by atoms with Crippen molar-refractivity contribution in [2.24, 2.45) is 0 Å². The fourth-order valence-electron chi connectivity index (χ4n) is 2.03. The van der Waals surface area contributed by atoms with Gasteiger partial charge in [-0.05, 0) is 38.1 Å². The van der Waals surface area contributed by atoms with E-state index < -0.39 is 6.10 Å². The van der Waals surface area contributed by atoms with E-state index in [9.17, 15) is 4.79 Å². The molecule has 5 heteroatoms. The van der Waals surface area contributed by atoms with Crippen LogP contribution in [0.2, 0.25) is 0 Å². The first-order chi connectivity index (χ1) is 11.0. The molecule has 122 valence electrons. The zero-order valence-electron chi connectivity index (χ0n) is 13.8. The molecule has 2 aromatic rings. The third-order valence-electron chi connectivity index (χ3n) is 3.35. The molecule has 5 nitrogen and oxygen atoms in total. The molecule has 0 heterocycles. The second-order valence-corrected chi connectivity index (χ2v) is 5.13. The minimum atomic E-state index is -0.620. The van der Waals surface area contributed by atoms with Crippen molar-refractivity contribution in [2.45, 2.75) is 20.0 Å². The number of nitrogens with one attached hydrogen (secondary N) is 1. The third-order valence-corrected chi connectivity index (χ3v) is 3.35. The molecule has 0 fully saturated rings. The van der Waals surface area contributed by atoms with E-state index in [0.717, 1.165) is 5.56 Å². The molecule has 1 unspecified atom stereocenters. The molecule has 1 atom stereocenters. The number of ether oxygens (including phenoxy) is 3. The summed E-state index contributed by atoms with van der Waals surface area (Å²) in [4.78, 5) is 12.2. The number of methoxy groups -OCH3 is 2. The van der Waals surface area contributed by atoms with Crippen LogP contribution in [0.1, 0.15) is 12.5 Å². The van der Waals surface area contributed by atoms with E-state index in [1.54, 1.807) is 39.3 Å². The maximum absolute atomic E-state index is 12.2. The van der Waals surface area contributed by atoms with Crippen LogP contribution in [0.3, 0.4) is 0 Å². The Hall–Kier alpha value is -2.69. The van der Waals surface area contributed by atoms with Gasteiger partial charge in [-0.2, -0.15) is 0 Å². The van der Waals surface area contributed by atoms with Crippen molar-refractivity contribution in [2.75, 3.05) is 19.5 Å². The van der Waals surface area contributed by atoms with Crippen LogP contribution in [0.15, 0.2) is 42.5 Å². The highest BCUT2D eigenvalue weighted by Gasteiger charge is 2.15. The van der Waals surface area contributed by atoms with Gasteiger partial charge in [0.2, 0.25) is 0 Å². The van der Waals surface area contributed by atoms with E-state index in [-0.39, 0.29) is 5.91 Å². The Bertz CT molecular complexity index is 667. The summed E-state index contributed by atoms with van der Waals surface area (Å²) in [6.07, 6.45) is -0.620. The SMILES string of the molecule is COc1ccc(NC(=O)C(C)Oc2ccc(C)cc2)cc1OC. The fraction of sp³-hybridized carbons (Fsp3) is 0.278. The van der Waals surface area contributed by atoms with Crippen molar-refractivity contribution in [1.82, 2.24) is 0 Å². The monoisotopic (exact) mass is 315 g/mol. The smallest absolute Gasteiger partial charge is 0.265 e. The molecule has 0 saturated carbocycles. The van der Waals surface area contributed by atoms with Crippen molar-refractivity contribution >= 4 is 11.6 Å². The standard InChI is InChI=1S/C18H21NO4/c1-12-5-8-15(9-6-12)23-13(2)18(20)19-14-7-10-16(21-3)17(11-14)22-4/h5-11,13H,1-4H3,(H,19,20). The first kappa shape index (κ1) is 16.7.